The maximum Gasteiger partial charge on any atom is 0.469 e. The number of ether oxygens (including phenoxy) is 2. The number of esters is 1. The van der Waals surface area contributed by atoms with E-state index in [1.807, 2.05) is 0 Å². The molecule has 0 amide bonds. The van der Waals surface area contributed by atoms with Crippen molar-refractivity contribution in [1.29, 1.82) is 0 Å². The van der Waals surface area contributed by atoms with Crippen molar-refractivity contribution >= 4 is 13.8 Å². The van der Waals surface area contributed by atoms with E-state index >= 15 is 0 Å². The van der Waals surface area contributed by atoms with Crippen LogP contribution >= 0.6 is 7.82 Å². The zero-order chi connectivity index (χ0) is 18.3. The normalized spacial score (nSPS) is 11.5. The molecule has 0 rings (SSSR count). The molecule has 0 atom stereocenters. The van der Waals surface area contributed by atoms with Gasteiger partial charge in [-0.15, -0.1) is 0 Å². The lowest BCUT2D eigenvalue weighted by Crippen LogP contribution is -2.07. The largest absolute Gasteiger partial charge is 0.469 e. The molecule has 0 aliphatic heterocycles. The maximum absolute atomic E-state index is 11.3. The predicted octanol–water partition coefficient (Wildman–Crippen LogP) is 3.35. The topological polar surface area (TPSA) is 102 Å². The highest BCUT2D eigenvalue weighted by atomic mass is 31.2. The van der Waals surface area contributed by atoms with Crippen molar-refractivity contribution in [2.75, 3.05) is 26.4 Å². The Hall–Kier alpha value is -0.720. The van der Waals surface area contributed by atoms with E-state index in [4.69, 9.17) is 19.3 Å². The quantitative estimate of drug-likeness (QED) is 0.187. The lowest BCUT2D eigenvalue weighted by molar-refractivity contribution is -0.138. The summed E-state index contributed by atoms with van der Waals surface area (Å²) < 4.78 is 25.2. The third-order valence-corrected chi connectivity index (χ3v) is 3.79. The molecule has 0 radical (unpaired) electrons. The molecule has 0 heterocycles. The number of phosphoric acid groups is 1. The van der Waals surface area contributed by atoms with Crippen molar-refractivity contribution in [1.82, 2.24) is 0 Å². The van der Waals surface area contributed by atoms with E-state index in [-0.39, 0.29) is 12.6 Å². The zero-order valence-electron chi connectivity index (χ0n) is 14.6. The molecular formula is C16H31O7P. The predicted molar refractivity (Wildman–Crippen MR) is 91.5 cm³/mol. The lowest BCUT2D eigenvalue weighted by Gasteiger charge is -2.07. The molecule has 0 aliphatic carbocycles. The van der Waals surface area contributed by atoms with Crippen molar-refractivity contribution in [3.8, 4) is 0 Å². The van der Waals surface area contributed by atoms with E-state index in [9.17, 15) is 9.36 Å². The van der Waals surface area contributed by atoms with Gasteiger partial charge in [-0.3, -0.25) is 4.52 Å². The minimum absolute atomic E-state index is 0.0951. The molecule has 0 aromatic carbocycles. The summed E-state index contributed by atoms with van der Waals surface area (Å²) in [6, 6.07) is 0. The molecule has 0 aromatic rings. The summed E-state index contributed by atoms with van der Waals surface area (Å²) in [5, 5.41) is 0. The fourth-order valence-electron chi connectivity index (χ4n) is 2.00. The second-order valence-electron chi connectivity index (χ2n) is 5.49. The number of unbranched alkanes of at least 4 members (excludes halogenated alkanes) is 5. The number of rotatable bonds is 16. The standard InChI is InChI=1S/C16H31O7P/c1-3-22-16(17)15(2)11-7-10-13-21-12-8-5-4-6-9-14-23-24(18,19)20/h2-14H2,1H3,(H2,18,19,20). The number of hydrogen-bond donors (Lipinski definition) is 2. The fourth-order valence-corrected chi connectivity index (χ4v) is 2.37. The Morgan fingerprint density at radius 2 is 1.50 bits per heavy atom. The molecule has 0 fully saturated rings. The fraction of sp³-hybridized carbons (Fsp3) is 0.812. The minimum Gasteiger partial charge on any atom is -0.463 e. The highest BCUT2D eigenvalue weighted by Gasteiger charge is 2.12. The van der Waals surface area contributed by atoms with Crippen molar-refractivity contribution in [2.45, 2.75) is 58.3 Å². The van der Waals surface area contributed by atoms with E-state index in [0.29, 0.717) is 38.2 Å². The Labute approximate surface area is 144 Å². The maximum atomic E-state index is 11.3. The van der Waals surface area contributed by atoms with Crippen molar-refractivity contribution < 1.29 is 33.1 Å². The summed E-state index contributed by atoms with van der Waals surface area (Å²) in [4.78, 5) is 28.3. The third kappa shape index (κ3) is 16.1. The van der Waals surface area contributed by atoms with Crippen LogP contribution in [-0.4, -0.2) is 42.2 Å². The van der Waals surface area contributed by atoms with Gasteiger partial charge < -0.3 is 19.3 Å². The van der Waals surface area contributed by atoms with Gasteiger partial charge in [-0.1, -0.05) is 25.8 Å². The van der Waals surface area contributed by atoms with Gasteiger partial charge in [0.15, 0.2) is 0 Å². The van der Waals surface area contributed by atoms with E-state index < -0.39 is 7.82 Å². The smallest absolute Gasteiger partial charge is 0.463 e. The number of hydrogen-bond acceptors (Lipinski definition) is 5. The van der Waals surface area contributed by atoms with Crippen LogP contribution in [0.1, 0.15) is 58.3 Å². The Balaban J connectivity index is 3.24. The molecule has 0 aromatic heterocycles. The zero-order valence-corrected chi connectivity index (χ0v) is 15.5. The Kier molecular flexibility index (Phi) is 14.2. The molecule has 0 unspecified atom stereocenters. The first-order valence-corrected chi connectivity index (χ1v) is 10.0. The summed E-state index contributed by atoms with van der Waals surface area (Å²) in [6.07, 6.45) is 6.90. The van der Waals surface area contributed by atoms with Gasteiger partial charge in [0.05, 0.1) is 13.2 Å². The van der Waals surface area contributed by atoms with Crippen LogP contribution in [0, 0.1) is 0 Å². The van der Waals surface area contributed by atoms with Crippen LogP contribution in [-0.2, 0) is 23.4 Å². The van der Waals surface area contributed by atoms with Crippen molar-refractivity contribution in [3.05, 3.63) is 12.2 Å². The lowest BCUT2D eigenvalue weighted by atomic mass is 10.1. The molecule has 2 N–H and O–H groups in total. The Morgan fingerprint density at radius 1 is 0.958 bits per heavy atom. The molecule has 0 aliphatic rings. The summed E-state index contributed by atoms with van der Waals surface area (Å²) >= 11 is 0. The monoisotopic (exact) mass is 366 g/mol. The number of carbonyl (C=O) groups is 1. The molecule has 24 heavy (non-hydrogen) atoms. The first-order valence-electron chi connectivity index (χ1n) is 8.49. The molecule has 8 heteroatoms. The number of carbonyl (C=O) groups excluding carboxylic acids is 1. The van der Waals surface area contributed by atoms with Crippen molar-refractivity contribution in [3.63, 3.8) is 0 Å². The van der Waals surface area contributed by atoms with Crippen LogP contribution in [0.4, 0.5) is 0 Å². The van der Waals surface area contributed by atoms with E-state index in [0.717, 1.165) is 38.5 Å². The van der Waals surface area contributed by atoms with Crippen molar-refractivity contribution in [2.24, 2.45) is 0 Å². The van der Waals surface area contributed by atoms with Crippen LogP contribution in [0.25, 0.3) is 0 Å². The molecule has 7 nitrogen and oxygen atoms in total. The third-order valence-electron chi connectivity index (χ3n) is 3.27. The van der Waals surface area contributed by atoms with Gasteiger partial charge in [-0.05, 0) is 39.0 Å². The minimum atomic E-state index is -4.31. The van der Waals surface area contributed by atoms with Crippen LogP contribution in [0.3, 0.4) is 0 Å². The van der Waals surface area contributed by atoms with E-state index in [1.54, 1.807) is 6.92 Å². The van der Waals surface area contributed by atoms with Gasteiger partial charge in [0.25, 0.3) is 0 Å². The van der Waals surface area contributed by atoms with Gasteiger partial charge in [0.2, 0.25) is 0 Å². The average molecular weight is 366 g/mol. The highest BCUT2D eigenvalue weighted by molar-refractivity contribution is 7.46. The second kappa shape index (κ2) is 14.6. The average Bonchev–Trinajstić information content (AvgIpc) is 2.50. The van der Waals surface area contributed by atoms with Gasteiger partial charge in [0, 0.05) is 18.8 Å². The van der Waals surface area contributed by atoms with Crippen LogP contribution in [0.2, 0.25) is 0 Å². The van der Waals surface area contributed by atoms with Gasteiger partial charge in [0.1, 0.15) is 0 Å². The van der Waals surface area contributed by atoms with E-state index in [2.05, 4.69) is 11.1 Å². The van der Waals surface area contributed by atoms with Gasteiger partial charge >= 0.3 is 13.8 Å². The highest BCUT2D eigenvalue weighted by Crippen LogP contribution is 2.35. The summed E-state index contributed by atoms with van der Waals surface area (Å²) in [7, 11) is -4.31. The molecule has 0 saturated carbocycles. The molecule has 142 valence electrons. The molecule has 0 bridgehead atoms. The van der Waals surface area contributed by atoms with Crippen LogP contribution < -0.4 is 0 Å². The summed E-state index contributed by atoms with van der Waals surface area (Å²) in [6.45, 7) is 7.33. The van der Waals surface area contributed by atoms with Gasteiger partial charge in [-0.25, -0.2) is 9.36 Å². The molecule has 0 saturated heterocycles. The first kappa shape index (κ1) is 23.3. The molecular weight excluding hydrogens is 335 g/mol. The Morgan fingerprint density at radius 3 is 2.08 bits per heavy atom. The molecule has 0 spiro atoms. The summed E-state index contributed by atoms with van der Waals surface area (Å²) in [5.74, 6) is -0.315. The van der Waals surface area contributed by atoms with Crippen LogP contribution in [0.5, 0.6) is 0 Å². The number of phosphoric ester groups is 1. The SMILES string of the molecule is C=C(CCCCOCCCCCCCOP(=O)(O)O)C(=O)OCC. The summed E-state index contributed by atoms with van der Waals surface area (Å²) in [5.41, 5.74) is 0.513. The van der Waals surface area contributed by atoms with Crippen LogP contribution in [0.15, 0.2) is 12.2 Å². The van der Waals surface area contributed by atoms with E-state index in [1.165, 1.54) is 0 Å². The first-order chi connectivity index (χ1) is 11.4. The Bertz CT molecular complexity index is 392. The second-order valence-corrected chi connectivity index (χ2v) is 6.72. The van der Waals surface area contributed by atoms with Gasteiger partial charge in [-0.2, -0.15) is 0 Å².